The third kappa shape index (κ3) is 5.20. The van der Waals surface area contributed by atoms with Gasteiger partial charge in [-0.15, -0.1) is 0 Å². The van der Waals surface area contributed by atoms with Crippen molar-refractivity contribution >= 4 is 50.7 Å². The number of thiazole rings is 1. The quantitative estimate of drug-likeness (QED) is 0.214. The highest BCUT2D eigenvalue weighted by atomic mass is 32.1. The lowest BCUT2D eigenvalue weighted by molar-refractivity contribution is -0.113. The van der Waals surface area contributed by atoms with Gasteiger partial charge in [-0.25, -0.2) is 4.99 Å². The zero-order valence-corrected chi connectivity index (χ0v) is 26.4. The Morgan fingerprint density at radius 3 is 2.32 bits per heavy atom. The fourth-order valence-electron chi connectivity index (χ4n) is 6.56. The summed E-state index contributed by atoms with van der Waals surface area (Å²) in [6.45, 7) is 2.54. The number of carbonyl (C=O) groups is 1. The second kappa shape index (κ2) is 11.9. The first-order valence-electron chi connectivity index (χ1n) is 15.5. The fourth-order valence-corrected chi connectivity index (χ4v) is 7.60. The lowest BCUT2D eigenvalue weighted by Crippen LogP contribution is -2.40. The van der Waals surface area contributed by atoms with E-state index in [-0.39, 0.29) is 11.5 Å². The van der Waals surface area contributed by atoms with Crippen molar-refractivity contribution in [2.45, 2.75) is 19.5 Å². The van der Waals surface area contributed by atoms with Crippen molar-refractivity contribution in [2.75, 3.05) is 5.32 Å². The summed E-state index contributed by atoms with van der Waals surface area (Å²) in [5.74, 6) is -0.280. The summed E-state index contributed by atoms with van der Waals surface area (Å²) >= 11 is 1.35. The summed E-state index contributed by atoms with van der Waals surface area (Å²) in [7, 11) is 0. The molecule has 0 saturated heterocycles. The van der Waals surface area contributed by atoms with Gasteiger partial charge >= 0.3 is 0 Å². The van der Waals surface area contributed by atoms with Crippen LogP contribution in [0.1, 0.15) is 29.7 Å². The maximum Gasteiger partial charge on any atom is 0.271 e. The molecule has 47 heavy (non-hydrogen) atoms. The van der Waals surface area contributed by atoms with Crippen LogP contribution in [0.3, 0.4) is 0 Å². The molecule has 0 radical (unpaired) electrons. The van der Waals surface area contributed by atoms with E-state index >= 15 is 0 Å². The number of allylic oxidation sites excluding steroid dienone is 1. The molecule has 0 spiro atoms. The standard InChI is InChI=1S/C40H30N4O2S/c1-26-36(38(45)42-31-18-6-3-7-19-31)37(28-14-4-2-5-15-28)44-39(46)35(47-40(44)41-26)23-30-25-43(34-22-11-10-21-33(30)34)24-29-17-12-16-27-13-8-9-20-32(27)29/h2-23,25,37H,24H2,1H3,(H,42,45)/b35-23-/t37-/m0/s1. The minimum Gasteiger partial charge on any atom is -0.342 e. The molecule has 0 aliphatic carbocycles. The maximum atomic E-state index is 14.3. The average Bonchev–Trinajstić information content (AvgIpc) is 3.60. The highest BCUT2D eigenvalue weighted by Crippen LogP contribution is 2.31. The summed E-state index contributed by atoms with van der Waals surface area (Å²) in [4.78, 5) is 33.5. The van der Waals surface area contributed by atoms with E-state index in [0.29, 0.717) is 32.8 Å². The van der Waals surface area contributed by atoms with Gasteiger partial charge in [-0.1, -0.05) is 121 Å². The van der Waals surface area contributed by atoms with Crippen LogP contribution in [0, 0.1) is 0 Å². The maximum absolute atomic E-state index is 14.3. The van der Waals surface area contributed by atoms with Gasteiger partial charge in [0, 0.05) is 34.9 Å². The minimum atomic E-state index is -0.619. The summed E-state index contributed by atoms with van der Waals surface area (Å²) in [6.07, 6.45) is 4.10. The molecule has 0 unspecified atom stereocenters. The van der Waals surface area contributed by atoms with Gasteiger partial charge in [-0.3, -0.25) is 14.2 Å². The van der Waals surface area contributed by atoms with Crippen LogP contribution in [0.5, 0.6) is 0 Å². The zero-order chi connectivity index (χ0) is 31.9. The van der Waals surface area contributed by atoms with Crippen molar-refractivity contribution in [3.63, 3.8) is 0 Å². The molecular weight excluding hydrogens is 601 g/mol. The predicted molar refractivity (Wildman–Crippen MR) is 190 cm³/mol. The van der Waals surface area contributed by atoms with Crippen molar-refractivity contribution in [1.29, 1.82) is 0 Å². The van der Waals surface area contributed by atoms with Crippen molar-refractivity contribution < 1.29 is 4.79 Å². The van der Waals surface area contributed by atoms with Crippen LogP contribution in [0.15, 0.2) is 155 Å². The molecule has 6 nitrogen and oxygen atoms in total. The number of anilines is 1. The molecule has 228 valence electrons. The van der Waals surface area contributed by atoms with E-state index in [1.54, 1.807) is 4.57 Å². The SMILES string of the molecule is CC1=C(C(=O)Nc2ccccc2)[C@H](c2ccccc2)n2c(s/c(=C\c3cn(Cc4cccc5ccccc45)c4ccccc34)c2=O)=N1. The number of carbonyl (C=O) groups excluding carboxylic acids is 1. The first-order valence-corrected chi connectivity index (χ1v) is 16.4. The molecule has 3 heterocycles. The third-order valence-corrected chi connectivity index (χ3v) is 9.72. The van der Waals surface area contributed by atoms with Gasteiger partial charge in [0.05, 0.1) is 21.8 Å². The molecular formula is C40H30N4O2S. The number of nitrogens with zero attached hydrogens (tertiary/aromatic N) is 3. The number of fused-ring (bicyclic) bond motifs is 3. The van der Waals surface area contributed by atoms with Crippen LogP contribution < -0.4 is 20.2 Å². The Morgan fingerprint density at radius 1 is 0.830 bits per heavy atom. The van der Waals surface area contributed by atoms with E-state index in [9.17, 15) is 9.59 Å². The van der Waals surface area contributed by atoms with E-state index in [1.807, 2.05) is 85.8 Å². The van der Waals surface area contributed by atoms with Crippen LogP contribution >= 0.6 is 11.3 Å². The Labute approximate surface area is 274 Å². The van der Waals surface area contributed by atoms with Gasteiger partial charge in [0.25, 0.3) is 11.5 Å². The molecule has 0 fully saturated rings. The first-order chi connectivity index (χ1) is 23.0. The number of aromatic nitrogens is 2. The normalized spacial score (nSPS) is 14.7. The molecule has 1 aliphatic rings. The van der Waals surface area contributed by atoms with E-state index in [2.05, 4.69) is 70.7 Å². The second-order valence-electron chi connectivity index (χ2n) is 11.7. The molecule has 1 atom stereocenters. The Hall–Kier alpha value is -5.79. The van der Waals surface area contributed by atoms with Gasteiger partial charge in [-0.05, 0) is 53.1 Å². The number of benzene rings is 5. The summed E-state index contributed by atoms with van der Waals surface area (Å²) < 4.78 is 4.49. The van der Waals surface area contributed by atoms with Crippen LogP contribution in [0.25, 0.3) is 27.8 Å². The topological polar surface area (TPSA) is 68.4 Å². The lowest BCUT2D eigenvalue weighted by atomic mass is 9.95. The summed E-state index contributed by atoms with van der Waals surface area (Å²) in [6, 6.07) is 41.6. The number of nitrogens with one attached hydrogen (secondary N) is 1. The highest BCUT2D eigenvalue weighted by Gasteiger charge is 2.32. The molecule has 7 aromatic rings. The molecule has 0 bridgehead atoms. The molecule has 5 aromatic carbocycles. The highest BCUT2D eigenvalue weighted by molar-refractivity contribution is 7.07. The Kier molecular flexibility index (Phi) is 7.23. The van der Waals surface area contributed by atoms with Gasteiger partial charge in [-0.2, -0.15) is 0 Å². The van der Waals surface area contributed by atoms with Gasteiger partial charge in [0.2, 0.25) is 0 Å². The number of rotatable bonds is 6. The van der Waals surface area contributed by atoms with Crippen molar-refractivity contribution in [1.82, 2.24) is 9.13 Å². The number of amides is 1. The molecule has 0 saturated carbocycles. The summed E-state index contributed by atoms with van der Waals surface area (Å²) in [5.41, 5.74) is 5.68. The summed E-state index contributed by atoms with van der Waals surface area (Å²) in [5, 5.41) is 6.52. The fraction of sp³-hybridized carbons (Fsp3) is 0.0750. The first kappa shape index (κ1) is 28.7. The predicted octanol–water partition coefficient (Wildman–Crippen LogP) is 7.03. The van der Waals surface area contributed by atoms with Gasteiger partial charge in [0.15, 0.2) is 4.80 Å². The Morgan fingerprint density at radius 2 is 1.51 bits per heavy atom. The molecule has 2 aromatic heterocycles. The molecule has 7 heteroatoms. The molecule has 8 rings (SSSR count). The Bertz CT molecular complexity index is 2520. The lowest BCUT2D eigenvalue weighted by Gasteiger charge is -2.25. The molecule has 1 amide bonds. The molecule has 1 N–H and O–H groups in total. The largest absolute Gasteiger partial charge is 0.342 e. The van der Waals surface area contributed by atoms with E-state index in [1.165, 1.54) is 27.7 Å². The zero-order valence-electron chi connectivity index (χ0n) is 25.6. The van der Waals surface area contributed by atoms with Crippen molar-refractivity contribution in [3.05, 3.63) is 181 Å². The number of hydrogen-bond donors (Lipinski definition) is 1. The van der Waals surface area contributed by atoms with Crippen LogP contribution in [-0.2, 0) is 11.3 Å². The van der Waals surface area contributed by atoms with E-state index in [0.717, 1.165) is 22.0 Å². The van der Waals surface area contributed by atoms with E-state index in [4.69, 9.17) is 4.99 Å². The van der Waals surface area contributed by atoms with Crippen LogP contribution in [-0.4, -0.2) is 15.0 Å². The van der Waals surface area contributed by atoms with Crippen LogP contribution in [0.4, 0.5) is 5.69 Å². The third-order valence-electron chi connectivity index (χ3n) is 8.74. The van der Waals surface area contributed by atoms with E-state index < -0.39 is 6.04 Å². The van der Waals surface area contributed by atoms with Crippen molar-refractivity contribution in [2.24, 2.45) is 4.99 Å². The van der Waals surface area contributed by atoms with Gasteiger partial charge in [0.1, 0.15) is 0 Å². The minimum absolute atomic E-state index is 0.175. The Balaban J connectivity index is 1.25. The number of para-hydroxylation sites is 2. The average molecular weight is 631 g/mol. The monoisotopic (exact) mass is 630 g/mol. The molecule has 1 aliphatic heterocycles. The smallest absolute Gasteiger partial charge is 0.271 e. The van der Waals surface area contributed by atoms with Gasteiger partial charge < -0.3 is 9.88 Å². The number of hydrogen-bond acceptors (Lipinski definition) is 4. The van der Waals surface area contributed by atoms with Crippen molar-refractivity contribution in [3.8, 4) is 0 Å². The second-order valence-corrected chi connectivity index (χ2v) is 12.7. The van der Waals surface area contributed by atoms with Crippen LogP contribution in [0.2, 0.25) is 0 Å².